The molecule has 0 unspecified atom stereocenters. The van der Waals surface area contributed by atoms with Crippen LogP contribution in [0.4, 0.5) is 5.69 Å². The summed E-state index contributed by atoms with van der Waals surface area (Å²) in [5, 5.41) is 0. The zero-order valence-electron chi connectivity index (χ0n) is 22.5. The van der Waals surface area contributed by atoms with E-state index in [-0.39, 0.29) is 18.5 Å². The Kier molecular flexibility index (Phi) is 9.53. The number of amides is 1. The summed E-state index contributed by atoms with van der Waals surface area (Å²) in [5.41, 5.74) is 0.635. The van der Waals surface area contributed by atoms with Crippen LogP contribution in [0.2, 0.25) is 25.7 Å². The first kappa shape index (κ1) is 28.4. The Labute approximate surface area is 220 Å². The maximum absolute atomic E-state index is 13.0. The van der Waals surface area contributed by atoms with Gasteiger partial charge in [0.15, 0.2) is 17.3 Å². The molecule has 1 aliphatic rings. The van der Waals surface area contributed by atoms with Crippen molar-refractivity contribution >= 4 is 26.0 Å². The second kappa shape index (κ2) is 12.4. The average molecular weight is 528 g/mol. The summed E-state index contributed by atoms with van der Waals surface area (Å²) in [6.07, 6.45) is 2.48. The van der Waals surface area contributed by atoms with Gasteiger partial charge in [0, 0.05) is 38.5 Å². The number of nitrogens with zero attached hydrogens (tertiary/aromatic N) is 1. The molecule has 0 spiro atoms. The average Bonchev–Trinajstić information content (AvgIpc) is 3.22. The van der Waals surface area contributed by atoms with Gasteiger partial charge in [-0.25, -0.2) is 0 Å². The van der Waals surface area contributed by atoms with Gasteiger partial charge in [0.1, 0.15) is 25.4 Å². The summed E-state index contributed by atoms with van der Waals surface area (Å²) in [6.45, 7) is 12.4. The van der Waals surface area contributed by atoms with Gasteiger partial charge in [0.2, 0.25) is 0 Å². The van der Waals surface area contributed by atoms with E-state index >= 15 is 0 Å². The highest BCUT2D eigenvalue weighted by atomic mass is 28.3. The lowest BCUT2D eigenvalue weighted by Crippen LogP contribution is -2.33. The molecular weight excluding hydrogens is 490 g/mol. The van der Waals surface area contributed by atoms with E-state index in [1.807, 2.05) is 13.8 Å². The van der Waals surface area contributed by atoms with Crippen molar-refractivity contribution < 1.29 is 33.3 Å². The molecule has 0 saturated heterocycles. The number of rotatable bonds is 14. The Bertz CT molecular complexity index is 1110. The fourth-order valence-corrected chi connectivity index (χ4v) is 4.16. The van der Waals surface area contributed by atoms with Crippen molar-refractivity contribution in [3.8, 4) is 17.2 Å². The molecule has 0 atom stereocenters. The van der Waals surface area contributed by atoms with Gasteiger partial charge in [-0.3, -0.25) is 9.59 Å². The van der Waals surface area contributed by atoms with Crippen LogP contribution in [0.15, 0.2) is 54.3 Å². The van der Waals surface area contributed by atoms with E-state index in [0.29, 0.717) is 48.3 Å². The third kappa shape index (κ3) is 8.45. The van der Waals surface area contributed by atoms with Gasteiger partial charge in [0.25, 0.3) is 5.91 Å². The summed E-state index contributed by atoms with van der Waals surface area (Å²) in [5.74, 6) is 1.50. The fraction of sp³-hybridized carbons (Fsp3) is 0.429. The van der Waals surface area contributed by atoms with Crippen LogP contribution >= 0.6 is 0 Å². The molecule has 37 heavy (non-hydrogen) atoms. The molecule has 0 saturated carbocycles. The lowest BCUT2D eigenvalue weighted by molar-refractivity contribution is -0.137. The van der Waals surface area contributed by atoms with Crippen molar-refractivity contribution in [2.75, 3.05) is 38.6 Å². The predicted molar refractivity (Wildman–Crippen MR) is 146 cm³/mol. The quantitative estimate of drug-likeness (QED) is 0.143. The molecule has 2 aromatic rings. The number of aldehydes is 1. The van der Waals surface area contributed by atoms with Crippen molar-refractivity contribution in [2.24, 2.45) is 0 Å². The van der Waals surface area contributed by atoms with Gasteiger partial charge >= 0.3 is 0 Å². The molecule has 8 nitrogen and oxygen atoms in total. The van der Waals surface area contributed by atoms with Crippen molar-refractivity contribution in [1.82, 2.24) is 0 Å². The number of carbonyl (C=O) groups is 2. The van der Waals surface area contributed by atoms with Crippen LogP contribution < -0.4 is 19.1 Å². The number of ether oxygens (including phenoxy) is 5. The number of methoxy groups -OCH3 is 1. The minimum absolute atomic E-state index is 0.215. The highest BCUT2D eigenvalue weighted by molar-refractivity contribution is 6.76. The van der Waals surface area contributed by atoms with E-state index in [1.54, 1.807) is 60.6 Å². The number of hydrogen-bond acceptors (Lipinski definition) is 7. The molecule has 1 aliphatic heterocycles. The van der Waals surface area contributed by atoms with Crippen LogP contribution in [0.25, 0.3) is 0 Å². The van der Waals surface area contributed by atoms with Crippen LogP contribution in [0.3, 0.4) is 0 Å². The Morgan fingerprint density at radius 3 is 2.43 bits per heavy atom. The predicted octanol–water partition coefficient (Wildman–Crippen LogP) is 5.30. The molecule has 2 aromatic carbocycles. The first-order chi connectivity index (χ1) is 17.5. The normalized spacial score (nSPS) is 13.9. The molecule has 9 heteroatoms. The SMILES string of the molecule is COc1cc(N2CC=C(Oc3ccc(C=O)cc3)C2=O)ccc1OCC(C)(C)OCOCC[Si](C)(C)C. The van der Waals surface area contributed by atoms with Crippen molar-refractivity contribution in [3.05, 3.63) is 59.9 Å². The summed E-state index contributed by atoms with van der Waals surface area (Å²) in [4.78, 5) is 25.4. The van der Waals surface area contributed by atoms with Gasteiger partial charge in [-0.1, -0.05) is 19.6 Å². The number of carbonyl (C=O) groups excluding carboxylic acids is 2. The zero-order valence-corrected chi connectivity index (χ0v) is 23.5. The van der Waals surface area contributed by atoms with Gasteiger partial charge < -0.3 is 28.6 Å². The molecule has 200 valence electrons. The highest BCUT2D eigenvalue weighted by Crippen LogP contribution is 2.34. The topological polar surface area (TPSA) is 83.5 Å². The van der Waals surface area contributed by atoms with E-state index in [0.717, 1.165) is 12.3 Å². The van der Waals surface area contributed by atoms with Gasteiger partial charge in [-0.2, -0.15) is 0 Å². The van der Waals surface area contributed by atoms with E-state index in [4.69, 9.17) is 23.7 Å². The number of hydrogen-bond donors (Lipinski definition) is 0. The summed E-state index contributed by atoms with van der Waals surface area (Å²) in [6, 6.07) is 13.0. The molecule has 0 radical (unpaired) electrons. The zero-order chi connectivity index (χ0) is 27.1. The lowest BCUT2D eigenvalue weighted by atomic mass is 10.1. The molecule has 0 fully saturated rings. The largest absolute Gasteiger partial charge is 0.493 e. The van der Waals surface area contributed by atoms with Crippen molar-refractivity contribution in [1.29, 1.82) is 0 Å². The Balaban J connectivity index is 1.55. The van der Waals surface area contributed by atoms with Crippen LogP contribution in [-0.4, -0.2) is 59.5 Å². The molecule has 0 N–H and O–H groups in total. The smallest absolute Gasteiger partial charge is 0.294 e. The maximum atomic E-state index is 13.0. The Morgan fingerprint density at radius 2 is 1.78 bits per heavy atom. The van der Waals surface area contributed by atoms with Crippen molar-refractivity contribution in [2.45, 2.75) is 45.1 Å². The molecule has 3 rings (SSSR count). The minimum atomic E-state index is -1.13. The summed E-state index contributed by atoms with van der Waals surface area (Å²) in [7, 11) is 0.426. The van der Waals surface area contributed by atoms with E-state index in [2.05, 4.69) is 19.6 Å². The van der Waals surface area contributed by atoms with Crippen LogP contribution in [0, 0.1) is 0 Å². The molecule has 0 aliphatic carbocycles. The van der Waals surface area contributed by atoms with E-state index in [9.17, 15) is 9.59 Å². The molecule has 1 heterocycles. The van der Waals surface area contributed by atoms with E-state index in [1.165, 1.54) is 0 Å². The minimum Gasteiger partial charge on any atom is -0.493 e. The van der Waals surface area contributed by atoms with Crippen LogP contribution in [0.1, 0.15) is 24.2 Å². The summed E-state index contributed by atoms with van der Waals surface area (Å²) < 4.78 is 28.8. The monoisotopic (exact) mass is 527 g/mol. The molecule has 0 bridgehead atoms. The van der Waals surface area contributed by atoms with Gasteiger partial charge in [0.05, 0.1) is 12.7 Å². The fourth-order valence-electron chi connectivity index (χ4n) is 3.40. The number of anilines is 1. The maximum Gasteiger partial charge on any atom is 0.294 e. The second-order valence-corrected chi connectivity index (χ2v) is 16.3. The molecule has 1 amide bonds. The van der Waals surface area contributed by atoms with E-state index < -0.39 is 13.7 Å². The van der Waals surface area contributed by atoms with Crippen LogP contribution in [-0.2, 0) is 14.3 Å². The number of benzene rings is 2. The lowest BCUT2D eigenvalue weighted by Gasteiger charge is -2.26. The first-order valence-electron chi connectivity index (χ1n) is 12.3. The standard InChI is InChI=1S/C28H37NO7Si/c1-28(2,35-20-33-15-16-37(4,5)6)19-34-24-12-9-22(17-26(24)32-3)29-14-13-25(27(29)31)36-23-10-7-21(18-30)8-11-23/h7-13,17-18H,14-16,19-20H2,1-6H3. The van der Waals surface area contributed by atoms with Crippen LogP contribution in [0.5, 0.6) is 17.2 Å². The Hall–Kier alpha value is -3.14. The highest BCUT2D eigenvalue weighted by Gasteiger charge is 2.28. The second-order valence-electron chi connectivity index (χ2n) is 10.6. The van der Waals surface area contributed by atoms with Gasteiger partial charge in [-0.05, 0) is 62.4 Å². The Morgan fingerprint density at radius 1 is 1.05 bits per heavy atom. The van der Waals surface area contributed by atoms with Crippen molar-refractivity contribution in [3.63, 3.8) is 0 Å². The molecule has 0 aromatic heterocycles. The molecular formula is C28H37NO7Si. The first-order valence-corrected chi connectivity index (χ1v) is 16.0. The summed E-state index contributed by atoms with van der Waals surface area (Å²) >= 11 is 0. The third-order valence-electron chi connectivity index (χ3n) is 5.72. The third-order valence-corrected chi connectivity index (χ3v) is 7.43. The van der Waals surface area contributed by atoms with Gasteiger partial charge in [-0.15, -0.1) is 0 Å².